The van der Waals surface area contributed by atoms with Crippen LogP contribution in [0.2, 0.25) is 0 Å². The predicted molar refractivity (Wildman–Crippen MR) is 93.3 cm³/mol. The van der Waals surface area contributed by atoms with Crippen molar-refractivity contribution in [2.75, 3.05) is 16.8 Å². The standard InChI is InChI=1S/C19H20F2N2O2/c1-13-6-7-14-4-2-3-5-17(14)23(13)12-18(24)22-15-8-10-16(11-9-15)25-19(20)21/h2-5,8-11,13,19H,6-7,12H2,1H3,(H,22,24)/t13-/m0/s1. The number of hydrogen-bond acceptors (Lipinski definition) is 3. The number of rotatable bonds is 5. The van der Waals surface area contributed by atoms with Gasteiger partial charge in [0.1, 0.15) is 5.75 Å². The van der Waals surface area contributed by atoms with Crippen LogP contribution in [0.5, 0.6) is 5.75 Å². The zero-order valence-corrected chi connectivity index (χ0v) is 13.9. The molecule has 3 rings (SSSR count). The molecular weight excluding hydrogens is 326 g/mol. The Bertz CT molecular complexity index is 734. The average molecular weight is 346 g/mol. The first-order valence-corrected chi connectivity index (χ1v) is 8.22. The first-order chi connectivity index (χ1) is 12.0. The van der Waals surface area contributed by atoms with Gasteiger partial charge >= 0.3 is 6.61 Å². The second-order valence-electron chi connectivity index (χ2n) is 6.10. The molecule has 0 aliphatic carbocycles. The van der Waals surface area contributed by atoms with E-state index in [-0.39, 0.29) is 24.2 Å². The van der Waals surface area contributed by atoms with Crippen LogP contribution in [0.4, 0.5) is 20.2 Å². The summed E-state index contributed by atoms with van der Waals surface area (Å²) in [6, 6.07) is 14.3. The zero-order valence-electron chi connectivity index (χ0n) is 13.9. The van der Waals surface area contributed by atoms with Gasteiger partial charge in [-0.1, -0.05) is 18.2 Å². The van der Waals surface area contributed by atoms with Crippen LogP contribution in [0.1, 0.15) is 18.9 Å². The van der Waals surface area contributed by atoms with Crippen molar-refractivity contribution in [2.45, 2.75) is 32.4 Å². The Morgan fingerprint density at radius 3 is 2.68 bits per heavy atom. The number of aryl methyl sites for hydroxylation is 1. The number of fused-ring (bicyclic) bond motifs is 1. The molecule has 0 saturated carbocycles. The molecule has 1 N–H and O–H groups in total. The number of carbonyl (C=O) groups is 1. The molecule has 1 atom stereocenters. The third kappa shape index (κ3) is 4.26. The Kier molecular flexibility index (Phi) is 5.16. The molecule has 1 aliphatic heterocycles. The summed E-state index contributed by atoms with van der Waals surface area (Å²) in [6.07, 6.45) is 2.02. The topological polar surface area (TPSA) is 41.6 Å². The number of nitrogens with one attached hydrogen (secondary N) is 1. The van der Waals surface area contributed by atoms with Gasteiger partial charge in [0.15, 0.2) is 0 Å². The Morgan fingerprint density at radius 1 is 1.24 bits per heavy atom. The Morgan fingerprint density at radius 2 is 1.96 bits per heavy atom. The van der Waals surface area contributed by atoms with Gasteiger partial charge in [-0.3, -0.25) is 4.79 Å². The van der Waals surface area contributed by atoms with Gasteiger partial charge in [0, 0.05) is 17.4 Å². The fraction of sp³-hybridized carbons (Fsp3) is 0.316. The van der Waals surface area contributed by atoms with Gasteiger partial charge in [-0.25, -0.2) is 0 Å². The van der Waals surface area contributed by atoms with E-state index in [2.05, 4.69) is 27.9 Å². The van der Waals surface area contributed by atoms with Crippen molar-refractivity contribution in [1.82, 2.24) is 0 Å². The van der Waals surface area contributed by atoms with Gasteiger partial charge in [0.2, 0.25) is 5.91 Å². The quantitative estimate of drug-likeness (QED) is 0.887. The van der Waals surface area contributed by atoms with Crippen molar-refractivity contribution >= 4 is 17.3 Å². The zero-order chi connectivity index (χ0) is 17.8. The van der Waals surface area contributed by atoms with E-state index < -0.39 is 6.61 Å². The van der Waals surface area contributed by atoms with Gasteiger partial charge in [-0.2, -0.15) is 8.78 Å². The summed E-state index contributed by atoms with van der Waals surface area (Å²) in [4.78, 5) is 14.5. The summed E-state index contributed by atoms with van der Waals surface area (Å²) in [5.74, 6) is -0.0855. The summed E-state index contributed by atoms with van der Waals surface area (Å²) in [6.45, 7) is -0.506. The number of alkyl halides is 2. The van der Waals surface area contributed by atoms with Gasteiger partial charge in [0.05, 0.1) is 6.54 Å². The summed E-state index contributed by atoms with van der Waals surface area (Å²) < 4.78 is 28.6. The number of nitrogens with zero attached hydrogens (tertiary/aromatic N) is 1. The van der Waals surface area contributed by atoms with Crippen molar-refractivity contribution in [1.29, 1.82) is 0 Å². The minimum Gasteiger partial charge on any atom is -0.435 e. The molecule has 6 heteroatoms. The molecule has 0 saturated heterocycles. The molecule has 25 heavy (non-hydrogen) atoms. The maximum Gasteiger partial charge on any atom is 0.387 e. The lowest BCUT2D eigenvalue weighted by Crippen LogP contribution is -2.42. The minimum absolute atomic E-state index is 0.0616. The molecule has 1 heterocycles. The van der Waals surface area contributed by atoms with Gasteiger partial charge in [0.25, 0.3) is 0 Å². The maximum absolute atomic E-state index is 12.4. The number of carbonyl (C=O) groups excluding carboxylic acids is 1. The van der Waals surface area contributed by atoms with Crippen molar-refractivity contribution in [3.05, 3.63) is 54.1 Å². The van der Waals surface area contributed by atoms with Crippen LogP contribution in [-0.2, 0) is 11.2 Å². The Labute approximate surface area is 145 Å². The van der Waals surface area contributed by atoms with Crippen molar-refractivity contribution in [3.8, 4) is 5.75 Å². The number of benzene rings is 2. The molecule has 0 radical (unpaired) electrons. The maximum atomic E-state index is 12.4. The van der Waals surface area contributed by atoms with Crippen molar-refractivity contribution in [2.24, 2.45) is 0 Å². The van der Waals surface area contributed by atoms with Gasteiger partial charge in [-0.15, -0.1) is 0 Å². The third-order valence-electron chi connectivity index (χ3n) is 4.34. The van der Waals surface area contributed by atoms with E-state index in [4.69, 9.17) is 0 Å². The highest BCUT2D eigenvalue weighted by atomic mass is 19.3. The highest BCUT2D eigenvalue weighted by molar-refractivity contribution is 5.94. The van der Waals surface area contributed by atoms with Crippen LogP contribution in [0.3, 0.4) is 0 Å². The van der Waals surface area contributed by atoms with E-state index in [0.29, 0.717) is 5.69 Å². The lowest BCUT2D eigenvalue weighted by molar-refractivity contribution is -0.115. The molecule has 0 bridgehead atoms. The molecule has 0 unspecified atom stereocenters. The van der Waals surface area contributed by atoms with Crippen molar-refractivity contribution in [3.63, 3.8) is 0 Å². The molecule has 0 aromatic heterocycles. The molecule has 4 nitrogen and oxygen atoms in total. The minimum atomic E-state index is -2.86. The fourth-order valence-electron chi connectivity index (χ4n) is 3.08. The number of ether oxygens (including phenoxy) is 1. The van der Waals surface area contributed by atoms with Gasteiger partial charge < -0.3 is 15.0 Å². The van der Waals surface area contributed by atoms with Crippen LogP contribution in [0.25, 0.3) is 0 Å². The number of halogens is 2. The Hall–Kier alpha value is -2.63. The van der Waals surface area contributed by atoms with Gasteiger partial charge in [-0.05, 0) is 55.7 Å². The lowest BCUT2D eigenvalue weighted by atomic mass is 9.96. The smallest absolute Gasteiger partial charge is 0.387 e. The summed E-state index contributed by atoms with van der Waals surface area (Å²) in [5.41, 5.74) is 2.89. The first kappa shape index (κ1) is 17.2. The first-order valence-electron chi connectivity index (χ1n) is 8.22. The van der Waals surface area contributed by atoms with Crippen LogP contribution in [0, 0.1) is 0 Å². The van der Waals surface area contributed by atoms with E-state index in [0.717, 1.165) is 18.5 Å². The molecule has 2 aromatic carbocycles. The molecule has 2 aromatic rings. The second kappa shape index (κ2) is 7.51. The predicted octanol–water partition coefficient (Wildman–Crippen LogP) is 4.07. The third-order valence-corrected chi connectivity index (χ3v) is 4.34. The largest absolute Gasteiger partial charge is 0.435 e. The van der Waals surface area contributed by atoms with E-state index in [9.17, 15) is 13.6 Å². The van der Waals surface area contributed by atoms with E-state index in [1.54, 1.807) is 12.1 Å². The summed E-state index contributed by atoms with van der Waals surface area (Å²) in [5, 5.41) is 2.80. The molecular formula is C19H20F2N2O2. The van der Waals surface area contributed by atoms with Crippen molar-refractivity contribution < 1.29 is 18.3 Å². The number of amides is 1. The Balaban J connectivity index is 1.64. The van der Waals surface area contributed by atoms with Crippen LogP contribution in [0.15, 0.2) is 48.5 Å². The average Bonchev–Trinajstić information content (AvgIpc) is 2.59. The molecule has 1 aliphatic rings. The van der Waals surface area contributed by atoms with Crippen LogP contribution >= 0.6 is 0 Å². The number of hydrogen-bond donors (Lipinski definition) is 1. The number of para-hydroxylation sites is 1. The van der Waals surface area contributed by atoms with Crippen LogP contribution < -0.4 is 15.0 Å². The number of anilines is 2. The SMILES string of the molecule is C[C@H]1CCc2ccccc2N1CC(=O)Nc1ccc(OC(F)F)cc1. The molecule has 1 amide bonds. The molecule has 132 valence electrons. The molecule has 0 fully saturated rings. The van der Waals surface area contributed by atoms with E-state index in [1.807, 2.05) is 18.2 Å². The second-order valence-corrected chi connectivity index (χ2v) is 6.10. The normalized spacial score (nSPS) is 16.5. The summed E-state index contributed by atoms with van der Waals surface area (Å²) >= 11 is 0. The van der Waals surface area contributed by atoms with E-state index >= 15 is 0 Å². The summed E-state index contributed by atoms with van der Waals surface area (Å²) in [7, 11) is 0. The van der Waals surface area contributed by atoms with E-state index in [1.165, 1.54) is 17.7 Å². The van der Waals surface area contributed by atoms with Crippen LogP contribution in [-0.4, -0.2) is 25.1 Å². The lowest BCUT2D eigenvalue weighted by Gasteiger charge is -2.36. The molecule has 0 spiro atoms. The highest BCUT2D eigenvalue weighted by Crippen LogP contribution is 2.30. The monoisotopic (exact) mass is 346 g/mol. The fourth-order valence-corrected chi connectivity index (χ4v) is 3.08. The highest BCUT2D eigenvalue weighted by Gasteiger charge is 2.24.